The smallest absolute Gasteiger partial charge is 0.326 e. The minimum Gasteiger partial charge on any atom is -0.480 e. The summed E-state index contributed by atoms with van der Waals surface area (Å²) in [5.74, 6) is -0.618. The summed E-state index contributed by atoms with van der Waals surface area (Å²) >= 11 is 1.57. The van der Waals surface area contributed by atoms with Crippen molar-refractivity contribution in [3.63, 3.8) is 0 Å². The Bertz CT molecular complexity index is 206. The van der Waals surface area contributed by atoms with Crippen LogP contribution in [-0.2, 0) is 9.59 Å². The second-order valence-corrected chi connectivity index (χ2v) is 4.32. The maximum Gasteiger partial charge on any atom is 0.326 e. The topological polar surface area (TPSA) is 66.4 Å². The Hall–Kier alpha value is -0.710. The Morgan fingerprint density at radius 3 is 2.36 bits per heavy atom. The number of amides is 1. The number of hydrogen-bond donors (Lipinski definition) is 2. The Morgan fingerprint density at radius 1 is 1.43 bits per heavy atom. The monoisotopic (exact) mass is 219 g/mol. The van der Waals surface area contributed by atoms with Gasteiger partial charge in [-0.25, -0.2) is 4.79 Å². The van der Waals surface area contributed by atoms with Crippen molar-refractivity contribution < 1.29 is 14.7 Å². The molecule has 0 aromatic rings. The summed E-state index contributed by atoms with van der Waals surface area (Å²) in [5.41, 5.74) is 0. The summed E-state index contributed by atoms with van der Waals surface area (Å²) in [4.78, 5) is 22.0. The fourth-order valence-corrected chi connectivity index (χ4v) is 1.30. The lowest BCUT2D eigenvalue weighted by molar-refractivity contribution is -0.142. The molecule has 0 bridgehead atoms. The summed E-state index contributed by atoms with van der Waals surface area (Å²) < 4.78 is 0. The number of hydrogen-bond acceptors (Lipinski definition) is 3. The predicted octanol–water partition coefficient (Wildman–Crippen LogP) is 0.965. The molecule has 0 rings (SSSR count). The van der Waals surface area contributed by atoms with Crippen LogP contribution in [0.15, 0.2) is 0 Å². The van der Waals surface area contributed by atoms with E-state index in [0.29, 0.717) is 6.42 Å². The summed E-state index contributed by atoms with van der Waals surface area (Å²) in [6.45, 7) is 3.48. The average Bonchev–Trinajstić information content (AvgIpc) is 2.10. The van der Waals surface area contributed by atoms with Gasteiger partial charge in [0.05, 0.1) is 0 Å². The van der Waals surface area contributed by atoms with E-state index in [1.165, 1.54) is 0 Å². The number of aliphatic carboxylic acids is 1. The van der Waals surface area contributed by atoms with Gasteiger partial charge in [-0.05, 0) is 18.4 Å². The van der Waals surface area contributed by atoms with Gasteiger partial charge in [0.15, 0.2) is 0 Å². The molecule has 0 spiro atoms. The van der Waals surface area contributed by atoms with Crippen LogP contribution in [0.5, 0.6) is 0 Å². The second-order valence-electron chi connectivity index (χ2n) is 3.34. The van der Waals surface area contributed by atoms with Gasteiger partial charge in [-0.1, -0.05) is 13.8 Å². The molecule has 0 heterocycles. The molecular weight excluding hydrogens is 202 g/mol. The summed E-state index contributed by atoms with van der Waals surface area (Å²) in [5, 5.41) is 11.3. The Kier molecular flexibility index (Phi) is 6.36. The van der Waals surface area contributed by atoms with Crippen molar-refractivity contribution in [3.05, 3.63) is 0 Å². The van der Waals surface area contributed by atoms with E-state index >= 15 is 0 Å². The molecule has 1 atom stereocenters. The maximum atomic E-state index is 11.2. The molecule has 0 aromatic carbocycles. The molecule has 1 amide bonds. The molecule has 0 saturated heterocycles. The molecule has 0 saturated carbocycles. The summed E-state index contributed by atoms with van der Waals surface area (Å²) in [6, 6.07) is -0.752. The van der Waals surface area contributed by atoms with Crippen molar-refractivity contribution in [2.24, 2.45) is 5.92 Å². The molecular formula is C9H17NO3S. The van der Waals surface area contributed by atoms with Gasteiger partial charge in [-0.2, -0.15) is 11.8 Å². The van der Waals surface area contributed by atoms with Gasteiger partial charge in [0.25, 0.3) is 0 Å². The van der Waals surface area contributed by atoms with Crippen LogP contribution in [0.1, 0.15) is 20.3 Å². The fraction of sp³-hybridized carbons (Fsp3) is 0.778. The van der Waals surface area contributed by atoms with Crippen molar-refractivity contribution in [2.45, 2.75) is 26.3 Å². The average molecular weight is 219 g/mol. The van der Waals surface area contributed by atoms with E-state index < -0.39 is 12.0 Å². The normalized spacial score (nSPS) is 12.6. The molecule has 0 fully saturated rings. The van der Waals surface area contributed by atoms with E-state index in [9.17, 15) is 9.59 Å². The Balaban J connectivity index is 4.09. The number of carboxylic acids is 1. The zero-order valence-electron chi connectivity index (χ0n) is 8.74. The zero-order chi connectivity index (χ0) is 11.1. The van der Waals surface area contributed by atoms with Crippen molar-refractivity contribution in [2.75, 3.05) is 12.0 Å². The van der Waals surface area contributed by atoms with Gasteiger partial charge < -0.3 is 10.4 Å². The van der Waals surface area contributed by atoms with Crippen LogP contribution in [0.2, 0.25) is 0 Å². The molecule has 82 valence electrons. The van der Waals surface area contributed by atoms with E-state index in [1.54, 1.807) is 25.6 Å². The molecule has 0 aliphatic heterocycles. The first kappa shape index (κ1) is 13.3. The van der Waals surface area contributed by atoms with Crippen LogP contribution in [0, 0.1) is 5.92 Å². The molecule has 5 heteroatoms. The van der Waals surface area contributed by atoms with E-state index in [4.69, 9.17) is 5.11 Å². The maximum absolute atomic E-state index is 11.2. The van der Waals surface area contributed by atoms with E-state index in [-0.39, 0.29) is 11.8 Å². The first-order valence-electron chi connectivity index (χ1n) is 4.51. The third-order valence-corrected chi connectivity index (χ3v) is 2.39. The van der Waals surface area contributed by atoms with Crippen molar-refractivity contribution in [3.8, 4) is 0 Å². The molecule has 0 aliphatic carbocycles. The number of thioether (sulfide) groups is 1. The molecule has 2 N–H and O–H groups in total. The van der Waals surface area contributed by atoms with E-state index in [0.717, 1.165) is 5.75 Å². The number of rotatable bonds is 6. The van der Waals surface area contributed by atoms with Crippen LogP contribution in [0.3, 0.4) is 0 Å². The number of nitrogens with one attached hydrogen (secondary N) is 1. The van der Waals surface area contributed by atoms with Gasteiger partial charge >= 0.3 is 5.97 Å². The molecule has 14 heavy (non-hydrogen) atoms. The van der Waals surface area contributed by atoms with Crippen LogP contribution in [0.25, 0.3) is 0 Å². The van der Waals surface area contributed by atoms with Gasteiger partial charge in [0.1, 0.15) is 6.04 Å². The molecule has 0 radical (unpaired) electrons. The van der Waals surface area contributed by atoms with Crippen LogP contribution in [0.4, 0.5) is 0 Å². The van der Waals surface area contributed by atoms with Gasteiger partial charge in [-0.15, -0.1) is 0 Å². The summed E-state index contributed by atoms with van der Waals surface area (Å²) in [6.07, 6.45) is 2.37. The molecule has 4 nitrogen and oxygen atoms in total. The number of carbonyl (C=O) groups is 2. The molecule has 0 unspecified atom stereocenters. The van der Waals surface area contributed by atoms with Crippen molar-refractivity contribution >= 4 is 23.6 Å². The van der Waals surface area contributed by atoms with Crippen LogP contribution < -0.4 is 5.32 Å². The van der Waals surface area contributed by atoms with Gasteiger partial charge in [0, 0.05) is 5.92 Å². The highest BCUT2D eigenvalue weighted by molar-refractivity contribution is 7.98. The predicted molar refractivity (Wildman–Crippen MR) is 57.4 cm³/mol. The summed E-state index contributed by atoms with van der Waals surface area (Å²) in [7, 11) is 0. The Labute approximate surface area is 88.4 Å². The minimum atomic E-state index is -0.965. The van der Waals surface area contributed by atoms with E-state index in [2.05, 4.69) is 5.32 Å². The highest BCUT2D eigenvalue weighted by Crippen LogP contribution is 2.02. The molecule has 0 aliphatic rings. The highest BCUT2D eigenvalue weighted by atomic mass is 32.2. The largest absolute Gasteiger partial charge is 0.480 e. The zero-order valence-corrected chi connectivity index (χ0v) is 9.56. The second kappa shape index (κ2) is 6.70. The fourth-order valence-electron chi connectivity index (χ4n) is 0.831. The lowest BCUT2D eigenvalue weighted by atomic mass is 10.1. The third kappa shape index (κ3) is 5.11. The quantitative estimate of drug-likeness (QED) is 0.698. The van der Waals surface area contributed by atoms with Crippen LogP contribution in [-0.4, -0.2) is 35.0 Å². The first-order valence-corrected chi connectivity index (χ1v) is 5.90. The lowest BCUT2D eigenvalue weighted by Crippen LogP contribution is -2.42. The van der Waals surface area contributed by atoms with E-state index in [1.807, 2.05) is 6.26 Å². The molecule has 0 aromatic heterocycles. The SMILES string of the molecule is CSCC[C@H](NC(=O)C(C)C)C(=O)O. The minimum absolute atomic E-state index is 0.175. The van der Waals surface area contributed by atoms with Crippen LogP contribution >= 0.6 is 11.8 Å². The third-order valence-electron chi connectivity index (χ3n) is 1.75. The van der Waals surface area contributed by atoms with Crippen molar-refractivity contribution in [1.29, 1.82) is 0 Å². The van der Waals surface area contributed by atoms with Gasteiger partial charge in [0.2, 0.25) is 5.91 Å². The number of carbonyl (C=O) groups excluding carboxylic acids is 1. The number of carboxylic acid groups (broad SMARTS) is 1. The standard InChI is InChI=1S/C9H17NO3S/c1-6(2)8(11)10-7(9(12)13)4-5-14-3/h6-7H,4-5H2,1-3H3,(H,10,11)(H,12,13)/t7-/m0/s1. The highest BCUT2D eigenvalue weighted by Gasteiger charge is 2.20. The lowest BCUT2D eigenvalue weighted by Gasteiger charge is -2.15. The Morgan fingerprint density at radius 2 is 2.00 bits per heavy atom. The van der Waals surface area contributed by atoms with Gasteiger partial charge in [-0.3, -0.25) is 4.79 Å². The van der Waals surface area contributed by atoms with Crippen molar-refractivity contribution in [1.82, 2.24) is 5.32 Å². The first-order chi connectivity index (χ1) is 6.49.